The van der Waals surface area contributed by atoms with Gasteiger partial charge in [0.05, 0.1) is 22.5 Å². The van der Waals surface area contributed by atoms with E-state index in [9.17, 15) is 40.3 Å². The number of ketones is 1. The predicted octanol–water partition coefficient (Wildman–Crippen LogP) is 7.87. The van der Waals surface area contributed by atoms with Crippen LogP contribution < -0.4 is 15.8 Å². The number of Topliss-reactive ketones (excluding diaryl/α,β-unsaturated/α-hetero) is 1. The highest BCUT2D eigenvalue weighted by Crippen LogP contribution is 2.38. The van der Waals surface area contributed by atoms with Crippen LogP contribution in [0.15, 0.2) is 78.9 Å². The third-order valence-corrected chi connectivity index (χ3v) is 7.19. The van der Waals surface area contributed by atoms with Crippen molar-refractivity contribution in [1.29, 1.82) is 0 Å². The van der Waals surface area contributed by atoms with Gasteiger partial charge in [0, 0.05) is 17.0 Å². The first-order chi connectivity index (χ1) is 20.7. The van der Waals surface area contributed by atoms with Crippen molar-refractivity contribution in [3.8, 4) is 5.75 Å². The zero-order valence-corrected chi connectivity index (χ0v) is 22.7. The van der Waals surface area contributed by atoms with E-state index in [2.05, 4.69) is 5.32 Å². The van der Waals surface area contributed by atoms with Gasteiger partial charge in [-0.3, -0.25) is 9.59 Å². The second kappa shape index (κ2) is 11.7. The lowest BCUT2D eigenvalue weighted by molar-refractivity contribution is -0.143. The SMILES string of the molecule is Nc1cc(F)ccc1NC(=O)c1ccc(COc2ccc3c(c2)CC(Cc2cc(C(F)(F)F)cc(C(F)(F)F)c2)C3=O)cc1. The van der Waals surface area contributed by atoms with Gasteiger partial charge in [-0.15, -0.1) is 0 Å². The number of rotatable bonds is 7. The molecule has 1 atom stereocenters. The maximum absolute atomic E-state index is 13.3. The standard InChI is InChI=1S/C32H23F7N2O3/c33-24-5-8-28(27(40)15-24)41-30(43)19-3-1-17(2-4-19)16-44-25-6-7-26-20(13-25)12-21(29(26)42)9-18-10-22(31(34,35)36)14-23(11-18)32(37,38)39/h1-8,10-11,13-15,21H,9,12,16,40H2,(H,41,43). The number of anilines is 2. The van der Waals surface area contributed by atoms with E-state index in [1.54, 1.807) is 36.4 Å². The molecule has 0 aromatic heterocycles. The number of carbonyl (C=O) groups is 2. The Kier molecular flexibility index (Phi) is 8.11. The van der Waals surface area contributed by atoms with Crippen LogP contribution in [0.4, 0.5) is 42.1 Å². The number of benzene rings is 4. The van der Waals surface area contributed by atoms with Crippen LogP contribution in [0.3, 0.4) is 0 Å². The zero-order chi connectivity index (χ0) is 31.8. The summed E-state index contributed by atoms with van der Waals surface area (Å²) in [5.74, 6) is -1.77. The fourth-order valence-corrected chi connectivity index (χ4v) is 4.99. The van der Waals surface area contributed by atoms with Crippen LogP contribution >= 0.6 is 0 Å². The summed E-state index contributed by atoms with van der Waals surface area (Å²) in [6, 6.07) is 16.1. The second-order valence-corrected chi connectivity index (χ2v) is 10.4. The average Bonchev–Trinajstić information content (AvgIpc) is 3.26. The molecule has 3 N–H and O–H groups in total. The molecule has 0 heterocycles. The number of alkyl halides is 6. The van der Waals surface area contributed by atoms with E-state index < -0.39 is 41.1 Å². The molecule has 5 rings (SSSR count). The topological polar surface area (TPSA) is 81.4 Å². The third-order valence-electron chi connectivity index (χ3n) is 7.19. The van der Waals surface area contributed by atoms with E-state index in [4.69, 9.17) is 10.5 Å². The zero-order valence-electron chi connectivity index (χ0n) is 22.7. The van der Waals surface area contributed by atoms with Crippen molar-refractivity contribution in [2.45, 2.75) is 31.8 Å². The summed E-state index contributed by atoms with van der Waals surface area (Å²) in [5, 5.41) is 2.61. The summed E-state index contributed by atoms with van der Waals surface area (Å²) in [7, 11) is 0. The number of amides is 1. The van der Waals surface area contributed by atoms with Crippen LogP contribution in [0.1, 0.15) is 48.5 Å². The van der Waals surface area contributed by atoms with E-state index in [0.29, 0.717) is 40.1 Å². The summed E-state index contributed by atoms with van der Waals surface area (Å²) in [6.07, 6.45) is -10.1. The number of halogens is 7. The van der Waals surface area contributed by atoms with Crippen molar-refractivity contribution in [2.75, 3.05) is 11.1 Å². The van der Waals surface area contributed by atoms with E-state index in [0.717, 1.165) is 6.07 Å². The molecule has 0 aliphatic heterocycles. The van der Waals surface area contributed by atoms with Crippen LogP contribution in [0.25, 0.3) is 0 Å². The smallest absolute Gasteiger partial charge is 0.416 e. The first-order valence-corrected chi connectivity index (χ1v) is 13.2. The lowest BCUT2D eigenvalue weighted by Gasteiger charge is -2.15. The van der Waals surface area contributed by atoms with Crippen molar-refractivity contribution >= 4 is 23.1 Å². The number of hydrogen-bond donors (Lipinski definition) is 2. The van der Waals surface area contributed by atoms with Gasteiger partial charge in [-0.05, 0) is 96.3 Å². The van der Waals surface area contributed by atoms with Crippen LogP contribution in [-0.2, 0) is 31.8 Å². The molecule has 12 heteroatoms. The van der Waals surface area contributed by atoms with E-state index in [1.807, 2.05) is 0 Å². The van der Waals surface area contributed by atoms with Gasteiger partial charge in [-0.25, -0.2) is 4.39 Å². The maximum Gasteiger partial charge on any atom is 0.416 e. The van der Waals surface area contributed by atoms with Gasteiger partial charge >= 0.3 is 12.4 Å². The predicted molar refractivity (Wildman–Crippen MR) is 148 cm³/mol. The Morgan fingerprint density at radius 2 is 1.50 bits per heavy atom. The molecule has 5 nitrogen and oxygen atoms in total. The number of nitrogen functional groups attached to an aromatic ring is 1. The summed E-state index contributed by atoms with van der Waals surface area (Å²) >= 11 is 0. The number of ether oxygens (including phenoxy) is 1. The first-order valence-electron chi connectivity index (χ1n) is 13.2. The number of hydrogen-bond acceptors (Lipinski definition) is 4. The molecule has 0 bridgehead atoms. The Hall–Kier alpha value is -4.87. The van der Waals surface area contributed by atoms with E-state index in [1.165, 1.54) is 18.2 Å². The van der Waals surface area contributed by atoms with Crippen molar-refractivity contribution < 1.29 is 45.1 Å². The van der Waals surface area contributed by atoms with Gasteiger partial charge in [0.1, 0.15) is 18.2 Å². The molecule has 0 saturated heterocycles. The largest absolute Gasteiger partial charge is 0.489 e. The Morgan fingerprint density at radius 3 is 2.11 bits per heavy atom. The lowest BCUT2D eigenvalue weighted by atomic mass is 9.93. The Balaban J connectivity index is 1.22. The molecule has 228 valence electrons. The van der Waals surface area contributed by atoms with E-state index >= 15 is 0 Å². The maximum atomic E-state index is 13.3. The number of carbonyl (C=O) groups excluding carboxylic acids is 2. The average molecular weight is 617 g/mol. The minimum absolute atomic E-state index is 0.0604. The molecule has 44 heavy (non-hydrogen) atoms. The van der Waals surface area contributed by atoms with Crippen LogP contribution in [0, 0.1) is 11.7 Å². The molecule has 1 amide bonds. The van der Waals surface area contributed by atoms with Crippen molar-refractivity contribution in [3.05, 3.63) is 124 Å². The summed E-state index contributed by atoms with van der Waals surface area (Å²) in [6.45, 7) is 0.105. The highest BCUT2D eigenvalue weighted by Gasteiger charge is 2.38. The van der Waals surface area contributed by atoms with Gasteiger partial charge in [-0.1, -0.05) is 12.1 Å². The number of fused-ring (bicyclic) bond motifs is 1. The highest BCUT2D eigenvalue weighted by molar-refractivity contribution is 6.05. The van der Waals surface area contributed by atoms with Gasteiger partial charge in [0.15, 0.2) is 5.78 Å². The first kappa shape index (κ1) is 30.6. The minimum Gasteiger partial charge on any atom is -0.489 e. The molecule has 1 unspecified atom stereocenters. The molecular weight excluding hydrogens is 593 g/mol. The van der Waals surface area contributed by atoms with Crippen LogP contribution in [-0.4, -0.2) is 11.7 Å². The van der Waals surface area contributed by atoms with Crippen molar-refractivity contribution in [1.82, 2.24) is 0 Å². The molecule has 0 radical (unpaired) electrons. The molecule has 0 spiro atoms. The van der Waals surface area contributed by atoms with Crippen molar-refractivity contribution in [3.63, 3.8) is 0 Å². The minimum atomic E-state index is -4.98. The molecule has 4 aromatic rings. The molecule has 1 aliphatic carbocycles. The van der Waals surface area contributed by atoms with Gasteiger partial charge in [0.2, 0.25) is 0 Å². The fourth-order valence-electron chi connectivity index (χ4n) is 4.99. The van der Waals surface area contributed by atoms with Crippen LogP contribution in [0.5, 0.6) is 5.75 Å². The molecule has 4 aromatic carbocycles. The summed E-state index contributed by atoms with van der Waals surface area (Å²) in [5.41, 5.74) is 4.94. The number of nitrogens with one attached hydrogen (secondary N) is 1. The summed E-state index contributed by atoms with van der Waals surface area (Å²) < 4.78 is 98.6. The fraction of sp³-hybridized carbons (Fsp3) is 0.188. The lowest BCUT2D eigenvalue weighted by Crippen LogP contribution is -2.15. The molecule has 0 saturated carbocycles. The van der Waals surface area contributed by atoms with Crippen molar-refractivity contribution in [2.24, 2.45) is 5.92 Å². The monoisotopic (exact) mass is 616 g/mol. The van der Waals surface area contributed by atoms with Gasteiger partial charge in [0.25, 0.3) is 5.91 Å². The van der Waals surface area contributed by atoms with E-state index in [-0.39, 0.29) is 48.2 Å². The Labute approximate surface area is 246 Å². The van der Waals surface area contributed by atoms with Crippen LogP contribution in [0.2, 0.25) is 0 Å². The Morgan fingerprint density at radius 1 is 0.841 bits per heavy atom. The number of nitrogens with two attached hydrogens (primary N) is 1. The molecule has 1 aliphatic rings. The normalized spacial score (nSPS) is 14.8. The Bertz CT molecular complexity index is 1700. The quantitative estimate of drug-likeness (QED) is 0.164. The third kappa shape index (κ3) is 6.85. The second-order valence-electron chi connectivity index (χ2n) is 10.4. The molecule has 0 fully saturated rings. The van der Waals surface area contributed by atoms with Gasteiger partial charge < -0.3 is 15.8 Å². The summed E-state index contributed by atoms with van der Waals surface area (Å²) in [4.78, 5) is 25.5. The van der Waals surface area contributed by atoms with Gasteiger partial charge in [-0.2, -0.15) is 26.3 Å². The molecular formula is C32H23F7N2O3. The highest BCUT2D eigenvalue weighted by atomic mass is 19.4.